The summed E-state index contributed by atoms with van der Waals surface area (Å²) in [7, 11) is 1.64. The SMILES string of the molecule is C[C@H]1CN(c2ccccc2)c2nc3c(c(=O)n(Cc4ccc(Cl)cc4Cl)c(=O)n3C)n2C1. The molecule has 2 aromatic heterocycles. The molecule has 0 saturated heterocycles. The number of hydrogen-bond acceptors (Lipinski definition) is 4. The standard InChI is InChI=1S/C23H21Cl2N5O2/c1-14-11-28(17-6-4-3-5-7-17)22-26-20-19(29(22)12-14)21(31)30(23(32)27(20)2)13-15-8-9-16(24)10-18(15)25/h3-10,14H,11-13H2,1-2H3/t14-/m0/s1. The number of hydrogen-bond donors (Lipinski definition) is 0. The van der Waals surface area contributed by atoms with Gasteiger partial charge in [-0.2, -0.15) is 4.98 Å². The topological polar surface area (TPSA) is 65.1 Å². The van der Waals surface area contributed by atoms with Crippen molar-refractivity contribution in [3.8, 4) is 0 Å². The molecule has 32 heavy (non-hydrogen) atoms. The zero-order valence-electron chi connectivity index (χ0n) is 17.6. The molecule has 2 aromatic carbocycles. The van der Waals surface area contributed by atoms with Crippen LogP contribution < -0.4 is 16.1 Å². The lowest BCUT2D eigenvalue weighted by atomic mass is 10.1. The monoisotopic (exact) mass is 469 g/mol. The molecule has 3 heterocycles. The van der Waals surface area contributed by atoms with Crippen LogP contribution in [0.4, 0.5) is 11.6 Å². The molecule has 0 saturated carbocycles. The molecule has 0 bridgehead atoms. The van der Waals surface area contributed by atoms with Gasteiger partial charge >= 0.3 is 5.69 Å². The highest BCUT2D eigenvalue weighted by Crippen LogP contribution is 2.32. The van der Waals surface area contributed by atoms with Crippen LogP contribution in [0.1, 0.15) is 12.5 Å². The van der Waals surface area contributed by atoms with E-state index in [2.05, 4.69) is 11.8 Å². The maximum atomic E-state index is 13.6. The Bertz CT molecular complexity index is 1460. The number of para-hydroxylation sites is 1. The van der Waals surface area contributed by atoms with E-state index >= 15 is 0 Å². The van der Waals surface area contributed by atoms with Gasteiger partial charge in [0.25, 0.3) is 5.56 Å². The van der Waals surface area contributed by atoms with Crippen molar-refractivity contribution in [2.75, 3.05) is 11.4 Å². The normalized spacial score (nSPS) is 15.9. The molecule has 1 aliphatic rings. The predicted octanol–water partition coefficient (Wildman–Crippen LogP) is 4.04. The third-order valence-electron chi connectivity index (χ3n) is 5.85. The second-order valence-electron chi connectivity index (χ2n) is 8.21. The molecule has 0 unspecified atom stereocenters. The average Bonchev–Trinajstić information content (AvgIpc) is 3.16. The molecule has 0 N–H and O–H groups in total. The largest absolute Gasteiger partial charge is 0.332 e. The van der Waals surface area contributed by atoms with Gasteiger partial charge in [0.1, 0.15) is 0 Å². The lowest BCUT2D eigenvalue weighted by Gasteiger charge is -2.32. The highest BCUT2D eigenvalue weighted by atomic mass is 35.5. The number of benzene rings is 2. The molecule has 0 amide bonds. The van der Waals surface area contributed by atoms with Crippen LogP contribution >= 0.6 is 23.2 Å². The van der Waals surface area contributed by atoms with E-state index in [9.17, 15) is 9.59 Å². The Morgan fingerprint density at radius 1 is 1.06 bits per heavy atom. The van der Waals surface area contributed by atoms with Gasteiger partial charge in [0.15, 0.2) is 11.2 Å². The summed E-state index contributed by atoms with van der Waals surface area (Å²) in [6, 6.07) is 15.0. The van der Waals surface area contributed by atoms with Gasteiger partial charge in [0, 0.05) is 35.9 Å². The summed E-state index contributed by atoms with van der Waals surface area (Å²) < 4.78 is 4.57. The fourth-order valence-electron chi connectivity index (χ4n) is 4.29. The number of rotatable bonds is 3. The van der Waals surface area contributed by atoms with Crippen molar-refractivity contribution in [3.63, 3.8) is 0 Å². The van der Waals surface area contributed by atoms with E-state index in [0.717, 1.165) is 12.2 Å². The van der Waals surface area contributed by atoms with E-state index in [1.54, 1.807) is 25.2 Å². The fraction of sp³-hybridized carbons (Fsp3) is 0.261. The van der Waals surface area contributed by atoms with Crippen LogP contribution in [0.3, 0.4) is 0 Å². The Hall–Kier alpha value is -3.03. The summed E-state index contributed by atoms with van der Waals surface area (Å²) in [6.45, 7) is 3.61. The highest BCUT2D eigenvalue weighted by Gasteiger charge is 2.29. The minimum absolute atomic E-state index is 0.0515. The first-order valence-electron chi connectivity index (χ1n) is 10.3. The Labute approximate surface area is 194 Å². The summed E-state index contributed by atoms with van der Waals surface area (Å²) in [5, 5.41) is 0.903. The number of anilines is 2. The van der Waals surface area contributed by atoms with Crippen molar-refractivity contribution in [2.45, 2.75) is 20.0 Å². The zero-order chi connectivity index (χ0) is 22.6. The molecular formula is C23H21Cl2N5O2. The van der Waals surface area contributed by atoms with Gasteiger partial charge in [-0.15, -0.1) is 0 Å². The number of aryl methyl sites for hydroxylation is 1. The van der Waals surface area contributed by atoms with Gasteiger partial charge in [0.05, 0.1) is 6.54 Å². The Morgan fingerprint density at radius 3 is 2.53 bits per heavy atom. The lowest BCUT2D eigenvalue weighted by molar-refractivity contribution is 0.458. The molecule has 9 heteroatoms. The number of aromatic nitrogens is 4. The van der Waals surface area contributed by atoms with Crippen molar-refractivity contribution >= 4 is 46.0 Å². The Morgan fingerprint density at radius 2 is 1.81 bits per heavy atom. The summed E-state index contributed by atoms with van der Waals surface area (Å²) >= 11 is 12.3. The van der Waals surface area contributed by atoms with Crippen LogP contribution in [0.15, 0.2) is 58.1 Å². The van der Waals surface area contributed by atoms with Crippen LogP contribution in [0.2, 0.25) is 10.0 Å². The van der Waals surface area contributed by atoms with Gasteiger partial charge in [-0.1, -0.05) is 54.4 Å². The maximum absolute atomic E-state index is 13.6. The first-order chi connectivity index (χ1) is 15.3. The first kappa shape index (κ1) is 20.8. The minimum atomic E-state index is -0.441. The summed E-state index contributed by atoms with van der Waals surface area (Å²) in [5.74, 6) is 0.953. The van der Waals surface area contributed by atoms with Gasteiger partial charge in [0.2, 0.25) is 5.95 Å². The molecule has 0 spiro atoms. The smallest absolute Gasteiger partial charge is 0.312 e. The second-order valence-corrected chi connectivity index (χ2v) is 9.06. The maximum Gasteiger partial charge on any atom is 0.332 e. The molecule has 5 rings (SSSR count). The summed E-state index contributed by atoms with van der Waals surface area (Å²) in [5.41, 5.74) is 1.61. The lowest BCUT2D eigenvalue weighted by Crippen LogP contribution is -2.40. The molecule has 1 atom stereocenters. The number of halogens is 2. The highest BCUT2D eigenvalue weighted by molar-refractivity contribution is 6.35. The Kier molecular flexibility index (Phi) is 5.10. The van der Waals surface area contributed by atoms with Gasteiger partial charge in [-0.25, -0.2) is 4.79 Å². The van der Waals surface area contributed by atoms with Crippen LogP contribution in [0.25, 0.3) is 11.2 Å². The number of imidazole rings is 1. The fourth-order valence-corrected chi connectivity index (χ4v) is 4.76. The van der Waals surface area contributed by atoms with E-state index in [4.69, 9.17) is 28.2 Å². The number of fused-ring (bicyclic) bond motifs is 3. The molecule has 0 fully saturated rings. The first-order valence-corrected chi connectivity index (χ1v) is 11.1. The van der Waals surface area contributed by atoms with E-state index in [0.29, 0.717) is 39.3 Å². The molecule has 0 aliphatic carbocycles. The molecule has 4 aromatic rings. The summed E-state index contributed by atoms with van der Waals surface area (Å²) in [6.07, 6.45) is 0. The molecule has 7 nitrogen and oxygen atoms in total. The van der Waals surface area contributed by atoms with Crippen LogP contribution in [-0.2, 0) is 20.1 Å². The summed E-state index contributed by atoms with van der Waals surface area (Å²) in [4.78, 5) is 33.5. The quantitative estimate of drug-likeness (QED) is 0.454. The molecule has 1 aliphatic heterocycles. The van der Waals surface area contributed by atoms with Crippen LogP contribution in [0.5, 0.6) is 0 Å². The van der Waals surface area contributed by atoms with Crippen molar-refractivity contribution in [1.82, 2.24) is 18.7 Å². The van der Waals surface area contributed by atoms with Crippen LogP contribution in [-0.4, -0.2) is 25.2 Å². The van der Waals surface area contributed by atoms with E-state index < -0.39 is 5.69 Å². The third kappa shape index (κ3) is 3.32. The Balaban J connectivity index is 1.73. The number of nitrogens with zero attached hydrogens (tertiary/aromatic N) is 5. The van der Waals surface area contributed by atoms with Crippen molar-refractivity contribution in [3.05, 3.63) is 85.0 Å². The van der Waals surface area contributed by atoms with Crippen molar-refractivity contribution in [2.24, 2.45) is 13.0 Å². The van der Waals surface area contributed by atoms with Gasteiger partial charge < -0.3 is 9.47 Å². The molecular weight excluding hydrogens is 449 g/mol. The van der Waals surface area contributed by atoms with E-state index in [1.165, 1.54) is 9.13 Å². The second kappa shape index (κ2) is 7.83. The van der Waals surface area contributed by atoms with Crippen LogP contribution in [0, 0.1) is 5.92 Å². The van der Waals surface area contributed by atoms with E-state index in [1.807, 2.05) is 34.9 Å². The minimum Gasteiger partial charge on any atom is -0.312 e. The molecule has 0 radical (unpaired) electrons. The average molecular weight is 470 g/mol. The predicted molar refractivity (Wildman–Crippen MR) is 127 cm³/mol. The molecule has 164 valence electrons. The van der Waals surface area contributed by atoms with Crippen molar-refractivity contribution in [1.29, 1.82) is 0 Å². The van der Waals surface area contributed by atoms with E-state index in [-0.39, 0.29) is 18.0 Å². The van der Waals surface area contributed by atoms with Crippen molar-refractivity contribution < 1.29 is 0 Å². The third-order valence-corrected chi connectivity index (χ3v) is 6.44. The van der Waals surface area contributed by atoms with Gasteiger partial charge in [-0.05, 0) is 35.7 Å². The van der Waals surface area contributed by atoms with Gasteiger partial charge in [-0.3, -0.25) is 13.9 Å². The zero-order valence-corrected chi connectivity index (χ0v) is 19.1.